The molecule has 1 fully saturated rings. The Balaban J connectivity index is 2.51. The summed E-state index contributed by atoms with van der Waals surface area (Å²) < 4.78 is 36.0. The average Bonchev–Trinajstić information content (AvgIpc) is 2.46. The Morgan fingerprint density at radius 3 is 2.50 bits per heavy atom. The zero-order valence-electron chi connectivity index (χ0n) is 9.31. The van der Waals surface area contributed by atoms with Gasteiger partial charge in [-0.05, 0) is 38.0 Å². The van der Waals surface area contributed by atoms with Crippen LogP contribution in [0.2, 0.25) is 0 Å². The van der Waals surface area contributed by atoms with Gasteiger partial charge < -0.3 is 5.11 Å². The SMILES string of the molecule is CC1CCC(CCCC(F)(F)F)(C(=O)O)C1. The second-order valence-electron chi connectivity index (χ2n) is 4.90. The summed E-state index contributed by atoms with van der Waals surface area (Å²) in [5, 5.41) is 9.13. The van der Waals surface area contributed by atoms with Crippen LogP contribution >= 0.6 is 0 Å². The second-order valence-corrected chi connectivity index (χ2v) is 4.90. The van der Waals surface area contributed by atoms with E-state index < -0.39 is 24.0 Å². The summed E-state index contributed by atoms with van der Waals surface area (Å²) in [5.74, 6) is -0.624. The number of halogens is 3. The maximum Gasteiger partial charge on any atom is 0.389 e. The highest BCUT2D eigenvalue weighted by Gasteiger charge is 2.44. The summed E-state index contributed by atoms with van der Waals surface area (Å²) in [4.78, 5) is 11.1. The van der Waals surface area contributed by atoms with Gasteiger partial charge in [-0.1, -0.05) is 6.92 Å². The van der Waals surface area contributed by atoms with Gasteiger partial charge in [-0.15, -0.1) is 0 Å². The van der Waals surface area contributed by atoms with E-state index in [-0.39, 0.29) is 12.8 Å². The van der Waals surface area contributed by atoms with Crippen LogP contribution < -0.4 is 0 Å². The number of hydrogen-bond acceptors (Lipinski definition) is 1. The van der Waals surface area contributed by atoms with E-state index in [1.807, 2.05) is 6.92 Å². The van der Waals surface area contributed by atoms with Crippen molar-refractivity contribution in [1.29, 1.82) is 0 Å². The Hall–Kier alpha value is -0.740. The number of hydrogen-bond donors (Lipinski definition) is 1. The molecule has 2 unspecified atom stereocenters. The van der Waals surface area contributed by atoms with Gasteiger partial charge in [0.05, 0.1) is 5.41 Å². The topological polar surface area (TPSA) is 37.3 Å². The molecule has 0 aromatic heterocycles. The molecular weight excluding hydrogens is 221 g/mol. The Morgan fingerprint density at radius 1 is 1.50 bits per heavy atom. The lowest BCUT2D eigenvalue weighted by Crippen LogP contribution is -2.28. The van der Waals surface area contributed by atoms with Gasteiger partial charge >= 0.3 is 12.1 Å². The minimum Gasteiger partial charge on any atom is -0.481 e. The first-order chi connectivity index (χ1) is 7.25. The van der Waals surface area contributed by atoms with Gasteiger partial charge in [0.15, 0.2) is 0 Å². The normalized spacial score (nSPS) is 30.6. The molecule has 0 aromatic carbocycles. The van der Waals surface area contributed by atoms with Gasteiger partial charge in [0, 0.05) is 6.42 Å². The largest absolute Gasteiger partial charge is 0.481 e. The van der Waals surface area contributed by atoms with Crippen LogP contribution in [0.15, 0.2) is 0 Å². The molecule has 0 heterocycles. The zero-order chi connectivity index (χ0) is 12.4. The molecule has 1 rings (SSSR count). The highest BCUT2D eigenvalue weighted by molar-refractivity contribution is 5.75. The first kappa shape index (κ1) is 13.3. The van der Waals surface area contributed by atoms with Crippen molar-refractivity contribution in [1.82, 2.24) is 0 Å². The van der Waals surface area contributed by atoms with Crippen LogP contribution in [0.3, 0.4) is 0 Å². The maximum atomic E-state index is 12.0. The first-order valence-corrected chi connectivity index (χ1v) is 5.55. The maximum absolute atomic E-state index is 12.0. The number of carbonyl (C=O) groups is 1. The first-order valence-electron chi connectivity index (χ1n) is 5.55. The van der Waals surface area contributed by atoms with E-state index in [2.05, 4.69) is 0 Å². The smallest absolute Gasteiger partial charge is 0.389 e. The third-order valence-electron chi connectivity index (χ3n) is 3.42. The van der Waals surface area contributed by atoms with E-state index in [0.29, 0.717) is 18.8 Å². The molecule has 16 heavy (non-hydrogen) atoms. The van der Waals surface area contributed by atoms with Crippen molar-refractivity contribution in [3.8, 4) is 0 Å². The molecule has 2 nitrogen and oxygen atoms in total. The van der Waals surface area contributed by atoms with Gasteiger partial charge in [-0.2, -0.15) is 13.2 Å². The lowest BCUT2D eigenvalue weighted by molar-refractivity contribution is -0.152. The van der Waals surface area contributed by atoms with Gasteiger partial charge in [0.2, 0.25) is 0 Å². The Kier molecular flexibility index (Phi) is 3.86. The van der Waals surface area contributed by atoms with Crippen molar-refractivity contribution >= 4 is 5.97 Å². The monoisotopic (exact) mass is 238 g/mol. The highest BCUT2D eigenvalue weighted by atomic mass is 19.4. The molecule has 0 saturated heterocycles. The van der Waals surface area contributed by atoms with Gasteiger partial charge in [0.1, 0.15) is 0 Å². The average molecular weight is 238 g/mol. The standard InChI is InChI=1S/C11H17F3O2/c1-8-3-6-10(7-8,9(15)16)4-2-5-11(12,13)14/h8H,2-7H2,1H3,(H,15,16). The lowest BCUT2D eigenvalue weighted by Gasteiger charge is -2.24. The summed E-state index contributed by atoms with van der Waals surface area (Å²) in [6, 6.07) is 0. The molecule has 0 aromatic rings. The minimum atomic E-state index is -4.18. The van der Waals surface area contributed by atoms with Crippen molar-refractivity contribution in [2.75, 3.05) is 0 Å². The predicted molar refractivity (Wildman–Crippen MR) is 53.0 cm³/mol. The third kappa shape index (κ3) is 3.39. The number of rotatable bonds is 4. The molecule has 1 aliphatic rings. The molecule has 1 saturated carbocycles. The highest BCUT2D eigenvalue weighted by Crippen LogP contribution is 2.46. The molecule has 1 N–H and O–H groups in total. The van der Waals surface area contributed by atoms with Crippen LogP contribution in [-0.4, -0.2) is 17.3 Å². The van der Waals surface area contributed by atoms with Crippen molar-refractivity contribution in [3.05, 3.63) is 0 Å². The number of carboxylic acids is 1. The molecule has 0 radical (unpaired) electrons. The summed E-state index contributed by atoms with van der Waals surface area (Å²) in [6.45, 7) is 1.95. The van der Waals surface area contributed by atoms with Crippen molar-refractivity contribution in [2.24, 2.45) is 11.3 Å². The summed E-state index contributed by atoms with van der Waals surface area (Å²) in [5.41, 5.74) is -0.898. The van der Waals surface area contributed by atoms with Gasteiger partial charge in [-0.3, -0.25) is 4.79 Å². The molecule has 0 aliphatic heterocycles. The van der Waals surface area contributed by atoms with E-state index in [1.54, 1.807) is 0 Å². The molecule has 5 heteroatoms. The molecule has 0 bridgehead atoms. The van der Waals surface area contributed by atoms with Crippen molar-refractivity contribution < 1.29 is 23.1 Å². The summed E-state index contributed by atoms with van der Waals surface area (Å²) in [6.07, 6.45) is -3.16. The van der Waals surface area contributed by atoms with Crippen LogP contribution in [0.5, 0.6) is 0 Å². The van der Waals surface area contributed by atoms with E-state index in [9.17, 15) is 18.0 Å². The quantitative estimate of drug-likeness (QED) is 0.812. The van der Waals surface area contributed by atoms with E-state index >= 15 is 0 Å². The minimum absolute atomic E-state index is 0.0808. The second kappa shape index (κ2) is 4.63. The summed E-state index contributed by atoms with van der Waals surface area (Å²) >= 11 is 0. The van der Waals surface area contributed by atoms with Crippen molar-refractivity contribution in [3.63, 3.8) is 0 Å². The molecule has 1 aliphatic carbocycles. The van der Waals surface area contributed by atoms with Gasteiger partial charge in [-0.25, -0.2) is 0 Å². The van der Waals surface area contributed by atoms with Crippen molar-refractivity contribution in [2.45, 2.75) is 51.6 Å². The van der Waals surface area contributed by atoms with Crippen LogP contribution in [0.1, 0.15) is 45.4 Å². The number of alkyl halides is 3. The van der Waals surface area contributed by atoms with Crippen LogP contribution in [0, 0.1) is 11.3 Å². The molecule has 94 valence electrons. The number of carboxylic acid groups (broad SMARTS) is 1. The number of aliphatic carboxylic acids is 1. The molecule has 0 amide bonds. The van der Waals surface area contributed by atoms with Gasteiger partial charge in [0.25, 0.3) is 0 Å². The molecule has 2 atom stereocenters. The summed E-state index contributed by atoms with van der Waals surface area (Å²) in [7, 11) is 0. The molecular formula is C11H17F3O2. The fourth-order valence-electron chi connectivity index (χ4n) is 2.55. The van der Waals surface area contributed by atoms with E-state index in [1.165, 1.54) is 0 Å². The Labute approximate surface area is 92.8 Å². The van der Waals surface area contributed by atoms with E-state index in [4.69, 9.17) is 5.11 Å². The third-order valence-corrected chi connectivity index (χ3v) is 3.42. The lowest BCUT2D eigenvalue weighted by atomic mass is 9.80. The van der Waals surface area contributed by atoms with Crippen LogP contribution in [0.25, 0.3) is 0 Å². The predicted octanol–water partition coefficient (Wildman–Crippen LogP) is 3.61. The Morgan fingerprint density at radius 2 is 2.12 bits per heavy atom. The zero-order valence-corrected chi connectivity index (χ0v) is 9.31. The van der Waals surface area contributed by atoms with E-state index in [0.717, 1.165) is 6.42 Å². The van der Waals surface area contributed by atoms with Crippen LogP contribution in [0.4, 0.5) is 13.2 Å². The van der Waals surface area contributed by atoms with Crippen LogP contribution in [-0.2, 0) is 4.79 Å². The Bertz CT molecular complexity index is 262. The fourth-order valence-corrected chi connectivity index (χ4v) is 2.55. The fraction of sp³-hybridized carbons (Fsp3) is 0.909. The molecule has 0 spiro atoms.